The average molecular weight is 342 g/mol. The minimum Gasteiger partial charge on any atom is -0.365 e. The number of halogens is 2. The van der Waals surface area contributed by atoms with Gasteiger partial charge in [0, 0.05) is 38.6 Å². The summed E-state index contributed by atoms with van der Waals surface area (Å²) in [5, 5.41) is 0. The van der Waals surface area contributed by atoms with Gasteiger partial charge in [-0.05, 0) is 34.0 Å². The fourth-order valence-electron chi connectivity index (χ4n) is 3.06. The van der Waals surface area contributed by atoms with Crippen LogP contribution in [0, 0.1) is 5.82 Å². The highest BCUT2D eigenvalue weighted by molar-refractivity contribution is 9.10. The van der Waals surface area contributed by atoms with Crippen LogP contribution in [0.1, 0.15) is 18.4 Å². The third kappa shape index (κ3) is 2.20. The summed E-state index contributed by atoms with van der Waals surface area (Å²) in [6, 6.07) is 3.87. The molecule has 4 nitrogen and oxygen atoms in total. The first-order valence-corrected chi connectivity index (χ1v) is 7.62. The van der Waals surface area contributed by atoms with Crippen LogP contribution in [0.2, 0.25) is 0 Å². The molecule has 1 amide bonds. The summed E-state index contributed by atoms with van der Waals surface area (Å²) < 4.78 is 14.9. The van der Waals surface area contributed by atoms with Gasteiger partial charge in [-0.3, -0.25) is 4.79 Å². The fraction of sp³-hybridized carbons (Fsp3) is 0.500. The Bertz CT molecular complexity index is 551. The van der Waals surface area contributed by atoms with Gasteiger partial charge in [0.25, 0.3) is 0 Å². The lowest BCUT2D eigenvalue weighted by Gasteiger charge is -2.39. The van der Waals surface area contributed by atoms with Crippen LogP contribution in [0.5, 0.6) is 0 Å². The van der Waals surface area contributed by atoms with Crippen LogP contribution in [-0.2, 0) is 11.3 Å². The molecular formula is C14H17BrFN3O. The molecule has 6 heteroatoms. The quantitative estimate of drug-likeness (QED) is 0.893. The number of benzene rings is 1. The van der Waals surface area contributed by atoms with Crippen molar-refractivity contribution in [3.05, 3.63) is 28.0 Å². The second kappa shape index (κ2) is 5.33. The number of hydrogen-bond acceptors (Lipinski definition) is 3. The number of rotatable bonds is 2. The maximum Gasteiger partial charge on any atom is 0.223 e. The van der Waals surface area contributed by atoms with Crippen LogP contribution >= 0.6 is 15.9 Å². The van der Waals surface area contributed by atoms with E-state index in [1.54, 1.807) is 6.07 Å². The molecule has 1 unspecified atom stereocenters. The number of fused-ring (bicyclic) bond motifs is 1. The number of anilines is 1. The van der Waals surface area contributed by atoms with Crippen molar-refractivity contribution in [3.63, 3.8) is 0 Å². The van der Waals surface area contributed by atoms with Gasteiger partial charge in [-0.15, -0.1) is 0 Å². The first-order valence-electron chi connectivity index (χ1n) is 6.83. The van der Waals surface area contributed by atoms with Crippen molar-refractivity contribution in [2.24, 2.45) is 5.73 Å². The molecule has 3 rings (SSSR count). The topological polar surface area (TPSA) is 49.6 Å². The van der Waals surface area contributed by atoms with Crippen LogP contribution in [-0.4, -0.2) is 36.5 Å². The van der Waals surface area contributed by atoms with Crippen LogP contribution in [0.4, 0.5) is 10.1 Å². The van der Waals surface area contributed by atoms with Crippen LogP contribution in [0.3, 0.4) is 0 Å². The number of piperazine rings is 1. The lowest BCUT2D eigenvalue weighted by atomic mass is 10.1. The minimum atomic E-state index is -0.259. The molecule has 2 N–H and O–H groups in total. The molecule has 2 aliphatic rings. The van der Waals surface area contributed by atoms with Crippen molar-refractivity contribution in [2.75, 3.05) is 24.5 Å². The molecule has 108 valence electrons. The van der Waals surface area contributed by atoms with Gasteiger partial charge in [-0.2, -0.15) is 0 Å². The van der Waals surface area contributed by atoms with Crippen molar-refractivity contribution in [2.45, 2.75) is 25.4 Å². The summed E-state index contributed by atoms with van der Waals surface area (Å²) in [7, 11) is 0. The predicted molar refractivity (Wildman–Crippen MR) is 78.9 cm³/mol. The van der Waals surface area contributed by atoms with Gasteiger partial charge >= 0.3 is 0 Å². The molecule has 0 saturated carbocycles. The molecule has 0 bridgehead atoms. The van der Waals surface area contributed by atoms with Crippen molar-refractivity contribution < 1.29 is 9.18 Å². The highest BCUT2D eigenvalue weighted by Crippen LogP contribution is 2.32. The lowest BCUT2D eigenvalue weighted by Crippen LogP contribution is -2.51. The molecule has 2 aliphatic heterocycles. The Morgan fingerprint density at radius 2 is 2.20 bits per heavy atom. The van der Waals surface area contributed by atoms with Gasteiger partial charge in [0.1, 0.15) is 0 Å². The minimum absolute atomic E-state index is 0.226. The maximum absolute atomic E-state index is 14.4. The van der Waals surface area contributed by atoms with E-state index in [2.05, 4.69) is 15.9 Å². The van der Waals surface area contributed by atoms with E-state index < -0.39 is 0 Å². The summed E-state index contributed by atoms with van der Waals surface area (Å²) in [4.78, 5) is 15.6. The van der Waals surface area contributed by atoms with E-state index in [0.29, 0.717) is 42.8 Å². The SMILES string of the molecule is NCc1ccc(N2CCN3C(=O)CCC3C2)c(F)c1Br. The molecule has 1 aromatic carbocycles. The molecule has 0 spiro atoms. The summed E-state index contributed by atoms with van der Waals surface area (Å²) in [5.74, 6) is -0.0273. The summed E-state index contributed by atoms with van der Waals surface area (Å²) in [6.07, 6.45) is 1.50. The maximum atomic E-state index is 14.4. The second-order valence-corrected chi connectivity index (χ2v) is 6.09. The fourth-order valence-corrected chi connectivity index (χ4v) is 3.56. The molecule has 0 radical (unpaired) electrons. The first-order chi connectivity index (χ1) is 9.61. The van der Waals surface area contributed by atoms with E-state index in [0.717, 1.165) is 12.0 Å². The average Bonchev–Trinajstić information content (AvgIpc) is 2.83. The normalized spacial score (nSPS) is 22.4. The molecule has 0 aliphatic carbocycles. The summed E-state index contributed by atoms with van der Waals surface area (Å²) >= 11 is 3.28. The van der Waals surface area contributed by atoms with E-state index in [1.165, 1.54) is 0 Å². The van der Waals surface area contributed by atoms with E-state index >= 15 is 0 Å². The summed E-state index contributed by atoms with van der Waals surface area (Å²) in [5.41, 5.74) is 6.93. The van der Waals surface area contributed by atoms with Crippen LogP contribution < -0.4 is 10.6 Å². The van der Waals surface area contributed by atoms with Crippen molar-refractivity contribution in [3.8, 4) is 0 Å². The van der Waals surface area contributed by atoms with E-state index in [1.807, 2.05) is 15.9 Å². The number of nitrogens with two attached hydrogens (primary N) is 1. The third-order valence-corrected chi connectivity index (χ3v) is 5.05. The first kappa shape index (κ1) is 13.8. The van der Waals surface area contributed by atoms with E-state index in [-0.39, 0.29) is 17.8 Å². The number of carbonyl (C=O) groups is 1. The van der Waals surface area contributed by atoms with E-state index in [9.17, 15) is 9.18 Å². The molecule has 2 fully saturated rings. The van der Waals surface area contributed by atoms with Crippen LogP contribution in [0.25, 0.3) is 0 Å². The van der Waals surface area contributed by atoms with Gasteiger partial charge in [-0.1, -0.05) is 6.07 Å². The molecular weight excluding hydrogens is 325 g/mol. The summed E-state index contributed by atoms with van der Waals surface area (Å²) in [6.45, 7) is 2.37. The standard InChI is InChI=1S/C14H17BrFN3O/c15-13-9(7-17)1-3-11(14(13)16)18-5-6-19-10(8-18)2-4-12(19)20/h1,3,10H,2,4-8,17H2. The molecule has 1 atom stereocenters. The van der Waals surface area contributed by atoms with Gasteiger partial charge in [0.15, 0.2) is 5.82 Å². The highest BCUT2D eigenvalue weighted by atomic mass is 79.9. The van der Waals surface area contributed by atoms with Crippen LogP contribution in [0.15, 0.2) is 16.6 Å². The Morgan fingerprint density at radius 3 is 2.95 bits per heavy atom. The number of carbonyl (C=O) groups excluding carboxylic acids is 1. The van der Waals surface area contributed by atoms with Gasteiger partial charge in [0.05, 0.1) is 10.2 Å². The molecule has 20 heavy (non-hydrogen) atoms. The second-order valence-electron chi connectivity index (χ2n) is 5.30. The van der Waals surface area contributed by atoms with Gasteiger partial charge < -0.3 is 15.5 Å². The molecule has 0 aromatic heterocycles. The lowest BCUT2D eigenvalue weighted by molar-refractivity contribution is -0.129. The number of amides is 1. The van der Waals surface area contributed by atoms with Crippen molar-refractivity contribution in [1.82, 2.24) is 4.90 Å². The zero-order valence-electron chi connectivity index (χ0n) is 11.1. The predicted octanol–water partition coefficient (Wildman–Crippen LogP) is 1.86. The Kier molecular flexibility index (Phi) is 3.69. The Labute approximate surface area is 125 Å². The van der Waals surface area contributed by atoms with E-state index in [4.69, 9.17) is 5.73 Å². The highest BCUT2D eigenvalue weighted by Gasteiger charge is 2.36. The number of nitrogens with zero attached hydrogens (tertiary/aromatic N) is 2. The Balaban J connectivity index is 1.84. The Hall–Kier alpha value is -1.14. The zero-order valence-corrected chi connectivity index (χ0v) is 12.7. The third-order valence-electron chi connectivity index (χ3n) is 4.20. The molecule has 2 heterocycles. The molecule has 2 saturated heterocycles. The van der Waals surface area contributed by atoms with Gasteiger partial charge in [-0.25, -0.2) is 4.39 Å². The Morgan fingerprint density at radius 1 is 1.40 bits per heavy atom. The number of hydrogen-bond donors (Lipinski definition) is 1. The smallest absolute Gasteiger partial charge is 0.223 e. The largest absolute Gasteiger partial charge is 0.365 e. The zero-order chi connectivity index (χ0) is 14.3. The molecule has 1 aromatic rings. The van der Waals surface area contributed by atoms with Crippen molar-refractivity contribution >= 4 is 27.5 Å². The monoisotopic (exact) mass is 341 g/mol. The van der Waals surface area contributed by atoms with Crippen molar-refractivity contribution in [1.29, 1.82) is 0 Å². The van der Waals surface area contributed by atoms with Gasteiger partial charge in [0.2, 0.25) is 5.91 Å².